The van der Waals surface area contributed by atoms with E-state index in [2.05, 4.69) is 45.5 Å². The third kappa shape index (κ3) is 8.49. The molecule has 0 spiro atoms. The highest BCUT2D eigenvalue weighted by molar-refractivity contribution is 5.61. The first-order valence-electron chi connectivity index (χ1n) is 15.3. The Kier molecular flexibility index (Phi) is 11.7. The Morgan fingerprint density at radius 2 is 1.70 bits per heavy atom. The number of benzene rings is 2. The van der Waals surface area contributed by atoms with Gasteiger partial charge in [-0.3, -0.25) is 0 Å². The maximum atomic E-state index is 6.69. The van der Waals surface area contributed by atoms with Gasteiger partial charge in [0.15, 0.2) is 0 Å². The number of anilines is 1. The number of nitrogens with one attached hydrogen (secondary N) is 1. The van der Waals surface area contributed by atoms with Crippen LogP contribution < -0.4 is 19.7 Å². The molecule has 0 radical (unpaired) electrons. The van der Waals surface area contributed by atoms with E-state index in [1.165, 1.54) is 5.56 Å². The summed E-state index contributed by atoms with van der Waals surface area (Å²) in [5.41, 5.74) is 4.46. The molecule has 2 aromatic carbocycles. The summed E-state index contributed by atoms with van der Waals surface area (Å²) in [5, 5.41) is 3.55. The summed E-state index contributed by atoms with van der Waals surface area (Å²) in [6, 6.07) is 14.8. The molecule has 10 nitrogen and oxygen atoms in total. The second-order valence-electron chi connectivity index (χ2n) is 11.1. The molecular weight excluding hydrogens is 548 g/mol. The predicted octanol–water partition coefficient (Wildman–Crippen LogP) is 3.93. The minimum absolute atomic E-state index is 0.0449. The number of aryl methyl sites for hydroxylation is 1. The lowest BCUT2D eigenvalue weighted by Crippen LogP contribution is -2.50. The maximum absolute atomic E-state index is 6.69. The van der Waals surface area contributed by atoms with Crippen LogP contribution in [0.15, 0.2) is 55.0 Å². The third-order valence-electron chi connectivity index (χ3n) is 8.10. The zero-order chi connectivity index (χ0) is 29.9. The molecule has 1 saturated heterocycles. The summed E-state index contributed by atoms with van der Waals surface area (Å²) >= 11 is 0. The van der Waals surface area contributed by atoms with E-state index in [9.17, 15) is 0 Å². The van der Waals surface area contributed by atoms with Crippen molar-refractivity contribution in [3.63, 3.8) is 0 Å². The Balaban J connectivity index is 1.29. The van der Waals surface area contributed by atoms with Gasteiger partial charge in [-0.1, -0.05) is 18.2 Å². The van der Waals surface area contributed by atoms with E-state index in [4.69, 9.17) is 28.4 Å². The molecule has 234 valence electrons. The van der Waals surface area contributed by atoms with Crippen molar-refractivity contribution in [3.8, 4) is 11.5 Å². The van der Waals surface area contributed by atoms with Crippen LogP contribution in [-0.2, 0) is 39.2 Å². The number of fused-ring (bicyclic) bond motifs is 1. The fourth-order valence-electron chi connectivity index (χ4n) is 5.75. The van der Waals surface area contributed by atoms with E-state index in [0.717, 1.165) is 74.1 Å². The molecule has 0 bridgehead atoms. The Hall–Kier alpha value is -3.15. The van der Waals surface area contributed by atoms with Crippen LogP contribution in [0.5, 0.6) is 11.5 Å². The fraction of sp³-hybridized carbons (Fsp3) is 0.545. The van der Waals surface area contributed by atoms with E-state index in [1.54, 1.807) is 20.5 Å². The lowest BCUT2D eigenvalue weighted by atomic mass is 9.85. The highest BCUT2D eigenvalue weighted by Crippen LogP contribution is 2.35. The molecule has 0 amide bonds. The number of imidazole rings is 1. The molecule has 1 fully saturated rings. The van der Waals surface area contributed by atoms with Crippen LogP contribution in [0.1, 0.15) is 35.6 Å². The van der Waals surface area contributed by atoms with Gasteiger partial charge in [-0.25, -0.2) is 4.98 Å². The molecule has 10 heteroatoms. The van der Waals surface area contributed by atoms with Crippen LogP contribution >= 0.6 is 0 Å². The van der Waals surface area contributed by atoms with Crippen molar-refractivity contribution in [2.45, 2.75) is 44.2 Å². The van der Waals surface area contributed by atoms with Crippen molar-refractivity contribution in [3.05, 3.63) is 71.8 Å². The lowest BCUT2D eigenvalue weighted by molar-refractivity contribution is -0.0659. The molecule has 3 aromatic rings. The highest BCUT2D eigenvalue weighted by atomic mass is 16.5. The molecule has 1 unspecified atom stereocenters. The first-order valence-corrected chi connectivity index (χ1v) is 15.3. The van der Waals surface area contributed by atoms with Gasteiger partial charge in [-0.05, 0) is 41.8 Å². The summed E-state index contributed by atoms with van der Waals surface area (Å²) in [6.07, 6.45) is 5.33. The van der Waals surface area contributed by atoms with Gasteiger partial charge >= 0.3 is 0 Å². The summed E-state index contributed by atoms with van der Waals surface area (Å²) in [6.45, 7) is 7.02. The SMILES string of the molecule is COCCCOc1ccc(C2[C@@H](OCc3ccc4c(c3)N(CCCOC)CCO4)CNC[C@H]2OCc2cncn2C)cc1. The van der Waals surface area contributed by atoms with Crippen molar-refractivity contribution < 1.29 is 28.4 Å². The minimum Gasteiger partial charge on any atom is -0.494 e. The van der Waals surface area contributed by atoms with Crippen LogP contribution in [0.4, 0.5) is 5.69 Å². The smallest absolute Gasteiger partial charge is 0.142 e. The minimum atomic E-state index is -0.0798. The Morgan fingerprint density at radius 1 is 0.930 bits per heavy atom. The van der Waals surface area contributed by atoms with Crippen LogP contribution in [-0.4, -0.2) is 88.6 Å². The zero-order valence-corrected chi connectivity index (χ0v) is 25.7. The number of ether oxygens (including phenoxy) is 6. The third-order valence-corrected chi connectivity index (χ3v) is 8.10. The second kappa shape index (κ2) is 16.1. The highest BCUT2D eigenvalue weighted by Gasteiger charge is 2.36. The number of hydrogen-bond acceptors (Lipinski definition) is 9. The van der Waals surface area contributed by atoms with Crippen molar-refractivity contribution in [1.29, 1.82) is 0 Å². The molecule has 3 atom stereocenters. The topological polar surface area (TPSA) is 88.5 Å². The van der Waals surface area contributed by atoms with Crippen molar-refractivity contribution in [2.75, 3.05) is 71.7 Å². The van der Waals surface area contributed by atoms with Crippen molar-refractivity contribution in [2.24, 2.45) is 7.05 Å². The van der Waals surface area contributed by atoms with Gasteiger partial charge in [0.05, 0.1) is 62.5 Å². The van der Waals surface area contributed by atoms with Gasteiger partial charge in [0.25, 0.3) is 0 Å². The van der Waals surface area contributed by atoms with E-state index in [-0.39, 0.29) is 18.1 Å². The lowest BCUT2D eigenvalue weighted by Gasteiger charge is -2.39. The van der Waals surface area contributed by atoms with Crippen LogP contribution in [0.3, 0.4) is 0 Å². The summed E-state index contributed by atoms with van der Waals surface area (Å²) in [7, 11) is 5.44. The molecule has 3 heterocycles. The van der Waals surface area contributed by atoms with E-state index < -0.39 is 0 Å². The molecule has 5 rings (SSSR count). The molecular formula is C33H46N4O6. The zero-order valence-electron chi connectivity index (χ0n) is 25.7. The number of aromatic nitrogens is 2. The Labute approximate surface area is 255 Å². The average Bonchev–Trinajstić information content (AvgIpc) is 3.46. The number of rotatable bonds is 16. The summed E-state index contributed by atoms with van der Waals surface area (Å²) < 4.78 is 37.5. The van der Waals surface area contributed by atoms with Gasteiger partial charge in [0.2, 0.25) is 0 Å². The largest absolute Gasteiger partial charge is 0.494 e. The van der Waals surface area contributed by atoms with E-state index in [1.807, 2.05) is 29.9 Å². The van der Waals surface area contributed by atoms with E-state index in [0.29, 0.717) is 33.0 Å². The molecule has 1 aromatic heterocycles. The average molecular weight is 595 g/mol. The van der Waals surface area contributed by atoms with Crippen molar-refractivity contribution >= 4 is 5.69 Å². The molecule has 2 aliphatic rings. The van der Waals surface area contributed by atoms with Gasteiger partial charge in [-0.15, -0.1) is 0 Å². The second-order valence-corrected chi connectivity index (χ2v) is 11.1. The van der Waals surface area contributed by atoms with Crippen molar-refractivity contribution in [1.82, 2.24) is 14.9 Å². The summed E-state index contributed by atoms with van der Waals surface area (Å²) in [4.78, 5) is 6.63. The van der Waals surface area contributed by atoms with E-state index >= 15 is 0 Å². The van der Waals surface area contributed by atoms with Crippen LogP contribution in [0.2, 0.25) is 0 Å². The predicted molar refractivity (Wildman–Crippen MR) is 165 cm³/mol. The number of hydrogen-bond donors (Lipinski definition) is 1. The van der Waals surface area contributed by atoms with Gasteiger partial charge in [-0.2, -0.15) is 0 Å². The first kappa shape index (κ1) is 31.3. The van der Waals surface area contributed by atoms with Gasteiger partial charge < -0.3 is 43.2 Å². The monoisotopic (exact) mass is 594 g/mol. The Morgan fingerprint density at radius 3 is 2.44 bits per heavy atom. The number of methoxy groups -OCH3 is 2. The number of nitrogens with zero attached hydrogens (tertiary/aromatic N) is 3. The van der Waals surface area contributed by atoms with Crippen LogP contribution in [0, 0.1) is 0 Å². The summed E-state index contributed by atoms with van der Waals surface area (Å²) in [5.74, 6) is 1.83. The fourth-order valence-corrected chi connectivity index (χ4v) is 5.75. The molecule has 2 aliphatic heterocycles. The Bertz CT molecular complexity index is 1250. The van der Waals surface area contributed by atoms with Crippen LogP contribution in [0.25, 0.3) is 0 Å². The molecule has 43 heavy (non-hydrogen) atoms. The quantitative estimate of drug-likeness (QED) is 0.248. The molecule has 0 saturated carbocycles. The van der Waals surface area contributed by atoms with Gasteiger partial charge in [0.1, 0.15) is 18.1 Å². The molecule has 0 aliphatic carbocycles. The maximum Gasteiger partial charge on any atom is 0.142 e. The molecule has 1 N–H and O–H groups in total. The standard InChI is InChI=1S/C33H46N4O6/c1-36-24-35-19-27(36)23-43-32-21-34-20-31(33(32)26-7-9-28(10-8-26)40-16-5-15-39-3)42-22-25-6-11-30-29(18-25)37(13-17-41-30)12-4-14-38-2/h6-11,18-19,24,31-34H,4-5,12-17,20-23H2,1-3H3/t31-,32+,33?/m0/s1. The first-order chi connectivity index (χ1) is 21.2. The number of piperidine rings is 1. The normalized spacial score (nSPS) is 20.1. The van der Waals surface area contributed by atoms with Gasteiger partial charge in [0, 0.05) is 66.5 Å².